The average molecular weight is 334 g/mol. The lowest BCUT2D eigenvalue weighted by molar-refractivity contribution is 0.575. The molecule has 1 heteroatoms. The minimum Gasteiger partial charge on any atom is -0.398 e. The molecule has 0 saturated carbocycles. The summed E-state index contributed by atoms with van der Waals surface area (Å²) >= 11 is 0. The van der Waals surface area contributed by atoms with Crippen LogP contribution in [0.5, 0.6) is 0 Å². The van der Waals surface area contributed by atoms with E-state index in [4.69, 9.17) is 5.73 Å². The molecule has 0 aromatic heterocycles. The zero-order chi connectivity index (χ0) is 17.5. The van der Waals surface area contributed by atoms with Crippen LogP contribution in [0.15, 0.2) is 48.5 Å². The number of hydrogen-bond acceptors (Lipinski definition) is 1. The zero-order valence-electron chi connectivity index (χ0n) is 15.6. The Morgan fingerprint density at radius 2 is 1.44 bits per heavy atom. The minimum absolute atomic E-state index is 0.863. The standard InChI is InChI=1S/C24H31N/c1-2-3-4-5-6-7-8-9-11-19-14-15-20-18-23-21(17-22(20)16-19)12-10-13-24(23)25/h10,12-18H,2-9,11,25H2,1H3. The number of nitrogens with two attached hydrogens (primary N) is 1. The van der Waals surface area contributed by atoms with E-state index in [9.17, 15) is 0 Å². The zero-order valence-corrected chi connectivity index (χ0v) is 15.6. The number of hydrogen-bond donors (Lipinski definition) is 1. The van der Waals surface area contributed by atoms with E-state index in [-0.39, 0.29) is 0 Å². The minimum atomic E-state index is 0.863. The Labute approximate surface area is 152 Å². The number of fused-ring (bicyclic) bond motifs is 2. The molecule has 0 atom stereocenters. The fraction of sp³-hybridized carbons (Fsp3) is 0.417. The van der Waals surface area contributed by atoms with Gasteiger partial charge in [-0.3, -0.25) is 0 Å². The molecule has 0 aliphatic rings. The van der Waals surface area contributed by atoms with Crippen molar-refractivity contribution < 1.29 is 0 Å². The molecule has 0 fully saturated rings. The van der Waals surface area contributed by atoms with Crippen LogP contribution in [0.25, 0.3) is 21.5 Å². The van der Waals surface area contributed by atoms with Crippen molar-refractivity contribution in [2.45, 2.75) is 64.7 Å². The van der Waals surface area contributed by atoms with Crippen LogP contribution in [-0.2, 0) is 6.42 Å². The Morgan fingerprint density at radius 1 is 0.680 bits per heavy atom. The highest BCUT2D eigenvalue weighted by Crippen LogP contribution is 2.27. The molecule has 0 unspecified atom stereocenters. The van der Waals surface area contributed by atoms with Crippen LogP contribution in [0.4, 0.5) is 5.69 Å². The Morgan fingerprint density at radius 3 is 2.24 bits per heavy atom. The summed E-state index contributed by atoms with van der Waals surface area (Å²) in [6, 6.07) is 17.6. The molecule has 1 nitrogen and oxygen atoms in total. The highest BCUT2D eigenvalue weighted by atomic mass is 14.5. The van der Waals surface area contributed by atoms with Crippen molar-refractivity contribution in [1.82, 2.24) is 0 Å². The van der Waals surface area contributed by atoms with Crippen LogP contribution < -0.4 is 5.73 Å². The molecule has 0 radical (unpaired) electrons. The third kappa shape index (κ3) is 4.75. The number of rotatable bonds is 9. The quantitative estimate of drug-likeness (QED) is 0.249. The maximum absolute atomic E-state index is 6.11. The van der Waals surface area contributed by atoms with Gasteiger partial charge in [-0.05, 0) is 52.8 Å². The normalized spacial score (nSPS) is 11.4. The van der Waals surface area contributed by atoms with E-state index in [1.54, 1.807) is 0 Å². The second-order valence-corrected chi connectivity index (χ2v) is 7.33. The molecule has 2 N–H and O–H groups in total. The summed E-state index contributed by atoms with van der Waals surface area (Å²) in [5.41, 5.74) is 8.43. The van der Waals surface area contributed by atoms with Gasteiger partial charge in [0.1, 0.15) is 0 Å². The third-order valence-corrected chi connectivity index (χ3v) is 5.25. The fourth-order valence-electron chi connectivity index (χ4n) is 3.72. The number of anilines is 1. The topological polar surface area (TPSA) is 26.0 Å². The Bertz CT molecular complexity index is 819. The summed E-state index contributed by atoms with van der Waals surface area (Å²) in [5, 5.41) is 5.00. The molecule has 0 spiro atoms. The summed E-state index contributed by atoms with van der Waals surface area (Å²) in [6.45, 7) is 2.28. The van der Waals surface area contributed by atoms with Gasteiger partial charge in [-0.25, -0.2) is 0 Å². The van der Waals surface area contributed by atoms with E-state index >= 15 is 0 Å². The van der Waals surface area contributed by atoms with Gasteiger partial charge in [0.25, 0.3) is 0 Å². The maximum atomic E-state index is 6.11. The van der Waals surface area contributed by atoms with Gasteiger partial charge < -0.3 is 5.73 Å². The fourth-order valence-corrected chi connectivity index (χ4v) is 3.72. The molecule has 3 aromatic rings. The molecular formula is C24H31N. The van der Waals surface area contributed by atoms with Crippen LogP contribution in [0, 0.1) is 0 Å². The van der Waals surface area contributed by atoms with Crippen molar-refractivity contribution >= 4 is 27.2 Å². The van der Waals surface area contributed by atoms with Crippen LogP contribution in [-0.4, -0.2) is 0 Å². The monoisotopic (exact) mass is 333 g/mol. The van der Waals surface area contributed by atoms with E-state index in [1.807, 2.05) is 12.1 Å². The molecule has 0 bridgehead atoms. The lowest BCUT2D eigenvalue weighted by Gasteiger charge is -2.07. The molecule has 0 saturated heterocycles. The molecule has 0 amide bonds. The molecule has 0 heterocycles. The first kappa shape index (κ1) is 17.8. The first-order valence-corrected chi connectivity index (χ1v) is 9.99. The number of unbranched alkanes of at least 4 members (excludes halogenated alkanes) is 7. The predicted octanol–water partition coefficient (Wildman–Crippen LogP) is 7.26. The summed E-state index contributed by atoms with van der Waals surface area (Å²) in [6.07, 6.45) is 12.2. The lowest BCUT2D eigenvalue weighted by Crippen LogP contribution is -1.89. The van der Waals surface area contributed by atoms with Crippen LogP contribution in [0.1, 0.15) is 63.9 Å². The van der Waals surface area contributed by atoms with E-state index in [2.05, 4.69) is 43.3 Å². The van der Waals surface area contributed by atoms with E-state index in [0.717, 1.165) is 11.1 Å². The summed E-state index contributed by atoms with van der Waals surface area (Å²) < 4.78 is 0. The van der Waals surface area contributed by atoms with E-state index in [0.29, 0.717) is 0 Å². The summed E-state index contributed by atoms with van der Waals surface area (Å²) in [5.74, 6) is 0. The van der Waals surface area contributed by atoms with Crippen molar-refractivity contribution in [3.05, 3.63) is 54.1 Å². The van der Waals surface area contributed by atoms with E-state index in [1.165, 1.54) is 79.5 Å². The Hall–Kier alpha value is -2.02. The van der Waals surface area contributed by atoms with Crippen molar-refractivity contribution in [2.24, 2.45) is 0 Å². The molecule has 25 heavy (non-hydrogen) atoms. The van der Waals surface area contributed by atoms with Gasteiger partial charge in [-0.15, -0.1) is 0 Å². The van der Waals surface area contributed by atoms with Crippen molar-refractivity contribution in [2.75, 3.05) is 5.73 Å². The second kappa shape index (κ2) is 8.89. The molecule has 3 rings (SSSR count). The largest absolute Gasteiger partial charge is 0.398 e. The third-order valence-electron chi connectivity index (χ3n) is 5.25. The van der Waals surface area contributed by atoms with Gasteiger partial charge in [0.05, 0.1) is 0 Å². The van der Waals surface area contributed by atoms with Crippen LogP contribution >= 0.6 is 0 Å². The molecule has 0 aliphatic carbocycles. The maximum Gasteiger partial charge on any atom is 0.0393 e. The van der Waals surface area contributed by atoms with Crippen LogP contribution in [0.3, 0.4) is 0 Å². The molecule has 0 aliphatic heterocycles. The molecule has 3 aromatic carbocycles. The van der Waals surface area contributed by atoms with Gasteiger partial charge in [0.15, 0.2) is 0 Å². The summed E-state index contributed by atoms with van der Waals surface area (Å²) in [7, 11) is 0. The summed E-state index contributed by atoms with van der Waals surface area (Å²) in [4.78, 5) is 0. The van der Waals surface area contributed by atoms with Gasteiger partial charge in [0, 0.05) is 11.1 Å². The first-order chi connectivity index (χ1) is 12.3. The molecule has 132 valence electrons. The average Bonchev–Trinajstić information content (AvgIpc) is 2.63. The molecular weight excluding hydrogens is 302 g/mol. The van der Waals surface area contributed by atoms with Crippen LogP contribution in [0.2, 0.25) is 0 Å². The highest BCUT2D eigenvalue weighted by Gasteiger charge is 2.02. The van der Waals surface area contributed by atoms with E-state index < -0.39 is 0 Å². The second-order valence-electron chi connectivity index (χ2n) is 7.33. The smallest absolute Gasteiger partial charge is 0.0393 e. The van der Waals surface area contributed by atoms with Crippen molar-refractivity contribution in [3.8, 4) is 0 Å². The van der Waals surface area contributed by atoms with Gasteiger partial charge in [-0.2, -0.15) is 0 Å². The number of nitrogen functional groups attached to an aromatic ring is 1. The Kier molecular flexibility index (Phi) is 6.33. The van der Waals surface area contributed by atoms with Crippen molar-refractivity contribution in [1.29, 1.82) is 0 Å². The predicted molar refractivity (Wildman–Crippen MR) is 112 cm³/mol. The Balaban J connectivity index is 1.57. The van der Waals surface area contributed by atoms with Gasteiger partial charge >= 0.3 is 0 Å². The SMILES string of the molecule is CCCCCCCCCCc1ccc2cc3c(N)cccc3cc2c1. The van der Waals surface area contributed by atoms with Gasteiger partial charge in [0.2, 0.25) is 0 Å². The van der Waals surface area contributed by atoms with Crippen molar-refractivity contribution in [3.63, 3.8) is 0 Å². The highest BCUT2D eigenvalue weighted by molar-refractivity contribution is 6.03. The first-order valence-electron chi connectivity index (χ1n) is 9.99. The number of aryl methyl sites for hydroxylation is 1. The van der Waals surface area contributed by atoms with Gasteiger partial charge in [-0.1, -0.05) is 82.2 Å². The lowest BCUT2D eigenvalue weighted by atomic mass is 9.98. The number of benzene rings is 3.